The van der Waals surface area contributed by atoms with Crippen LogP contribution >= 0.6 is 0 Å². The summed E-state index contributed by atoms with van der Waals surface area (Å²) in [5.41, 5.74) is 0. The van der Waals surface area contributed by atoms with Crippen molar-refractivity contribution in [3.8, 4) is 0 Å². The first kappa shape index (κ1) is 16.1. The number of rotatable bonds is 8. The first-order valence-electron chi connectivity index (χ1n) is 7.29. The molecule has 0 atom stereocenters. The Labute approximate surface area is 115 Å². The number of hydrogen-bond donors (Lipinski definition) is 1. The quantitative estimate of drug-likeness (QED) is 0.666. The molecule has 0 aromatic carbocycles. The lowest BCUT2D eigenvalue weighted by Crippen LogP contribution is -2.45. The topological polar surface area (TPSA) is 58.6 Å². The largest absolute Gasteiger partial charge is 0.466 e. The van der Waals surface area contributed by atoms with E-state index in [2.05, 4.69) is 17.1 Å². The van der Waals surface area contributed by atoms with Gasteiger partial charge in [0.1, 0.15) is 5.78 Å². The molecule has 0 aromatic rings. The van der Waals surface area contributed by atoms with Crippen molar-refractivity contribution in [2.45, 2.75) is 45.6 Å². The zero-order chi connectivity index (χ0) is 14.1. The van der Waals surface area contributed by atoms with E-state index in [0.29, 0.717) is 25.6 Å². The third-order valence-corrected chi connectivity index (χ3v) is 3.52. The number of ketones is 1. The highest BCUT2D eigenvalue weighted by molar-refractivity contribution is 5.84. The Morgan fingerprint density at radius 3 is 2.47 bits per heavy atom. The molecule has 1 fully saturated rings. The van der Waals surface area contributed by atoms with Crippen LogP contribution in [0.3, 0.4) is 0 Å². The van der Waals surface area contributed by atoms with Gasteiger partial charge in [-0.15, -0.1) is 0 Å². The monoisotopic (exact) mass is 270 g/mol. The van der Waals surface area contributed by atoms with E-state index in [9.17, 15) is 9.59 Å². The van der Waals surface area contributed by atoms with Crippen molar-refractivity contribution in [2.24, 2.45) is 0 Å². The second-order valence-electron chi connectivity index (χ2n) is 4.89. The summed E-state index contributed by atoms with van der Waals surface area (Å²) in [5, 5.41) is 3.33. The second kappa shape index (κ2) is 9.04. The van der Waals surface area contributed by atoms with Crippen LogP contribution in [0.1, 0.15) is 39.5 Å². The molecule has 0 unspecified atom stereocenters. The van der Waals surface area contributed by atoms with Gasteiger partial charge < -0.3 is 10.1 Å². The summed E-state index contributed by atoms with van der Waals surface area (Å²) in [7, 11) is 0. The molecule has 110 valence electrons. The molecule has 0 amide bonds. The van der Waals surface area contributed by atoms with Crippen LogP contribution in [0.15, 0.2) is 0 Å². The number of hydrogen-bond acceptors (Lipinski definition) is 5. The molecule has 1 saturated heterocycles. The third-order valence-electron chi connectivity index (χ3n) is 3.52. The standard InChI is InChI=1S/C14H26N2O3/c1-3-16(12-7-9-15-10-8-12)11-13(17)5-6-14(18)19-4-2/h12,15H,3-11H2,1-2H3. The summed E-state index contributed by atoms with van der Waals surface area (Å²) >= 11 is 0. The van der Waals surface area contributed by atoms with Gasteiger partial charge in [-0.25, -0.2) is 0 Å². The van der Waals surface area contributed by atoms with Crippen LogP contribution in [0.2, 0.25) is 0 Å². The van der Waals surface area contributed by atoms with Crippen molar-refractivity contribution in [3.63, 3.8) is 0 Å². The minimum atomic E-state index is -0.277. The van der Waals surface area contributed by atoms with Crippen molar-refractivity contribution in [2.75, 3.05) is 32.8 Å². The van der Waals surface area contributed by atoms with Crippen LogP contribution in [0, 0.1) is 0 Å². The summed E-state index contributed by atoms with van der Waals surface area (Å²) in [4.78, 5) is 25.3. The lowest BCUT2D eigenvalue weighted by atomic mass is 10.0. The van der Waals surface area contributed by atoms with Gasteiger partial charge in [-0.05, 0) is 39.4 Å². The van der Waals surface area contributed by atoms with Gasteiger partial charge in [0.2, 0.25) is 0 Å². The summed E-state index contributed by atoms with van der Waals surface area (Å²) in [6.07, 6.45) is 2.69. The Kier molecular flexibility index (Phi) is 7.67. The first-order chi connectivity index (χ1) is 9.17. The number of piperidine rings is 1. The van der Waals surface area contributed by atoms with E-state index in [1.54, 1.807) is 6.92 Å². The molecular formula is C14H26N2O3. The normalized spacial score (nSPS) is 16.6. The minimum absolute atomic E-state index is 0.133. The Hall–Kier alpha value is -0.940. The Morgan fingerprint density at radius 2 is 1.89 bits per heavy atom. The predicted molar refractivity (Wildman–Crippen MR) is 74.0 cm³/mol. The van der Waals surface area contributed by atoms with Gasteiger partial charge in [0.05, 0.1) is 19.6 Å². The number of likely N-dealkylation sites (N-methyl/N-ethyl adjacent to an activating group) is 1. The number of esters is 1. The van der Waals surface area contributed by atoms with E-state index in [1.807, 2.05) is 0 Å². The molecule has 1 N–H and O–H groups in total. The fraction of sp³-hybridized carbons (Fsp3) is 0.857. The predicted octanol–water partition coefficient (Wildman–Crippen LogP) is 0.973. The molecular weight excluding hydrogens is 244 g/mol. The lowest BCUT2D eigenvalue weighted by Gasteiger charge is -2.33. The maximum Gasteiger partial charge on any atom is 0.306 e. The number of Topliss-reactive ketones (excluding diaryl/α,β-unsaturated/α-hetero) is 1. The van der Waals surface area contributed by atoms with Crippen molar-refractivity contribution >= 4 is 11.8 Å². The molecule has 0 radical (unpaired) electrons. The molecule has 1 rings (SSSR count). The van der Waals surface area contributed by atoms with Crippen molar-refractivity contribution in [1.82, 2.24) is 10.2 Å². The van der Waals surface area contributed by atoms with Crippen molar-refractivity contribution in [3.05, 3.63) is 0 Å². The van der Waals surface area contributed by atoms with E-state index in [4.69, 9.17) is 4.74 Å². The SMILES string of the molecule is CCOC(=O)CCC(=O)CN(CC)C1CCNCC1. The highest BCUT2D eigenvalue weighted by Crippen LogP contribution is 2.12. The smallest absolute Gasteiger partial charge is 0.306 e. The third kappa shape index (κ3) is 6.16. The molecule has 1 aliphatic heterocycles. The zero-order valence-electron chi connectivity index (χ0n) is 12.1. The molecule has 5 nitrogen and oxygen atoms in total. The summed E-state index contributed by atoms with van der Waals surface area (Å²) in [6, 6.07) is 0.498. The van der Waals surface area contributed by atoms with Crippen LogP contribution < -0.4 is 5.32 Å². The highest BCUT2D eigenvalue weighted by Gasteiger charge is 2.21. The van der Waals surface area contributed by atoms with Gasteiger partial charge in [-0.1, -0.05) is 6.92 Å². The van der Waals surface area contributed by atoms with E-state index < -0.39 is 0 Å². The van der Waals surface area contributed by atoms with Gasteiger partial charge in [-0.2, -0.15) is 0 Å². The zero-order valence-corrected chi connectivity index (χ0v) is 12.1. The number of nitrogens with zero attached hydrogens (tertiary/aromatic N) is 1. The Bertz CT molecular complexity index is 288. The van der Waals surface area contributed by atoms with Crippen molar-refractivity contribution in [1.29, 1.82) is 0 Å². The Morgan fingerprint density at radius 1 is 1.21 bits per heavy atom. The van der Waals surface area contributed by atoms with E-state index >= 15 is 0 Å². The molecule has 1 heterocycles. The first-order valence-corrected chi connectivity index (χ1v) is 7.29. The fourth-order valence-electron chi connectivity index (χ4n) is 2.45. The van der Waals surface area contributed by atoms with E-state index in [0.717, 1.165) is 32.5 Å². The van der Waals surface area contributed by atoms with Crippen LogP contribution in [0.5, 0.6) is 0 Å². The summed E-state index contributed by atoms with van der Waals surface area (Å²) in [6.45, 7) is 7.63. The van der Waals surface area contributed by atoms with Gasteiger partial charge in [0.25, 0.3) is 0 Å². The molecule has 0 aromatic heterocycles. The van der Waals surface area contributed by atoms with Gasteiger partial charge in [0, 0.05) is 12.5 Å². The maximum atomic E-state index is 11.9. The lowest BCUT2D eigenvalue weighted by molar-refractivity contribution is -0.144. The summed E-state index contributed by atoms with van der Waals surface area (Å²) in [5.74, 6) is -0.144. The van der Waals surface area contributed by atoms with Gasteiger partial charge in [0.15, 0.2) is 0 Å². The minimum Gasteiger partial charge on any atom is -0.466 e. The second-order valence-corrected chi connectivity index (χ2v) is 4.89. The fourth-order valence-corrected chi connectivity index (χ4v) is 2.45. The molecule has 5 heteroatoms. The molecule has 19 heavy (non-hydrogen) atoms. The molecule has 1 aliphatic rings. The van der Waals surface area contributed by atoms with Crippen LogP contribution in [-0.4, -0.2) is 55.5 Å². The molecule has 0 spiro atoms. The number of carbonyl (C=O) groups excluding carboxylic acids is 2. The molecule has 0 bridgehead atoms. The summed E-state index contributed by atoms with van der Waals surface area (Å²) < 4.78 is 4.83. The van der Waals surface area contributed by atoms with Crippen molar-refractivity contribution < 1.29 is 14.3 Å². The van der Waals surface area contributed by atoms with Crippen LogP contribution in [0.25, 0.3) is 0 Å². The Balaban J connectivity index is 2.29. The van der Waals surface area contributed by atoms with Gasteiger partial charge >= 0.3 is 5.97 Å². The highest BCUT2D eigenvalue weighted by atomic mass is 16.5. The van der Waals surface area contributed by atoms with Crippen LogP contribution in [0.4, 0.5) is 0 Å². The average Bonchev–Trinajstić information content (AvgIpc) is 2.44. The van der Waals surface area contributed by atoms with E-state index in [1.165, 1.54) is 0 Å². The molecule has 0 aliphatic carbocycles. The van der Waals surface area contributed by atoms with Gasteiger partial charge in [-0.3, -0.25) is 14.5 Å². The van der Waals surface area contributed by atoms with Crippen LogP contribution in [-0.2, 0) is 14.3 Å². The number of ether oxygens (including phenoxy) is 1. The number of carbonyl (C=O) groups is 2. The van der Waals surface area contributed by atoms with E-state index in [-0.39, 0.29) is 18.2 Å². The maximum absolute atomic E-state index is 11.9. The molecule has 0 saturated carbocycles. The average molecular weight is 270 g/mol. The number of nitrogens with one attached hydrogen (secondary N) is 1.